The van der Waals surface area contributed by atoms with Gasteiger partial charge in [-0.25, -0.2) is 27.6 Å². The van der Waals surface area contributed by atoms with E-state index in [1.54, 1.807) is 19.3 Å². The van der Waals surface area contributed by atoms with Gasteiger partial charge in [-0.3, -0.25) is 5.32 Å². The van der Waals surface area contributed by atoms with Crippen LogP contribution in [0, 0.1) is 12.7 Å². The van der Waals surface area contributed by atoms with Crippen LogP contribution in [0.2, 0.25) is 0 Å². The third kappa shape index (κ3) is 4.73. The normalized spacial score (nSPS) is 11.4. The molecule has 8 nitrogen and oxygen atoms in total. The summed E-state index contributed by atoms with van der Waals surface area (Å²) < 4.78 is 37.2. The molecule has 0 bridgehead atoms. The topological polar surface area (TPSA) is 117 Å². The van der Waals surface area contributed by atoms with E-state index in [1.807, 2.05) is 0 Å². The number of H-pyrrole nitrogens is 1. The number of carbonyl (C=O) groups is 1. The van der Waals surface area contributed by atoms with Crippen molar-refractivity contribution in [2.24, 2.45) is 0 Å². The van der Waals surface area contributed by atoms with Crippen molar-refractivity contribution in [3.63, 3.8) is 0 Å². The number of benzene rings is 1. The Hall–Kier alpha value is -2.79. The lowest BCUT2D eigenvalue weighted by molar-refractivity contribution is 0.252. The first-order valence-corrected chi connectivity index (χ1v) is 11.0. The number of nitrogens with one attached hydrogen (secondary N) is 3. The van der Waals surface area contributed by atoms with Crippen molar-refractivity contribution < 1.29 is 17.6 Å². The Bertz CT molecular complexity index is 1090. The lowest BCUT2D eigenvalue weighted by atomic mass is 10.1. The molecule has 3 N–H and O–H groups in total. The van der Waals surface area contributed by atoms with Crippen molar-refractivity contribution in [2.45, 2.75) is 18.2 Å². The number of imidazole rings is 1. The van der Waals surface area contributed by atoms with Crippen molar-refractivity contribution in [1.82, 2.24) is 20.3 Å². The number of nitrogens with zero attached hydrogens (tertiary/aromatic N) is 2. The van der Waals surface area contributed by atoms with Crippen LogP contribution in [0.5, 0.6) is 0 Å². The van der Waals surface area contributed by atoms with E-state index in [2.05, 4.69) is 25.6 Å². The van der Waals surface area contributed by atoms with E-state index in [-0.39, 0.29) is 4.90 Å². The first-order chi connectivity index (χ1) is 13.2. The molecule has 0 radical (unpaired) electrons. The molecule has 3 rings (SSSR count). The van der Waals surface area contributed by atoms with Crippen LogP contribution < -0.4 is 10.6 Å². The van der Waals surface area contributed by atoms with Gasteiger partial charge in [0.1, 0.15) is 16.5 Å². The van der Waals surface area contributed by atoms with Crippen LogP contribution in [-0.2, 0) is 16.3 Å². The number of rotatable bonds is 6. The van der Waals surface area contributed by atoms with Gasteiger partial charge in [-0.2, -0.15) is 0 Å². The SMILES string of the molecule is Cc1nc(NC(=O)NCCc2ncc[nH]2)sc1-c1ccc(S(C)(=O)=O)c(F)c1. The van der Waals surface area contributed by atoms with E-state index in [0.717, 1.165) is 18.1 Å². The van der Waals surface area contributed by atoms with Crippen LogP contribution in [0.1, 0.15) is 11.5 Å². The molecule has 0 spiro atoms. The molecule has 3 aromatic rings. The molecule has 0 unspecified atom stereocenters. The number of amides is 2. The molecule has 0 aliphatic rings. The molecule has 0 fully saturated rings. The van der Waals surface area contributed by atoms with Crippen LogP contribution in [0.15, 0.2) is 35.5 Å². The summed E-state index contributed by atoms with van der Waals surface area (Å²) in [7, 11) is -3.64. The molecule has 1 aromatic carbocycles. The molecule has 2 heterocycles. The Morgan fingerprint density at radius 3 is 2.79 bits per heavy atom. The summed E-state index contributed by atoms with van der Waals surface area (Å²) in [4.78, 5) is 23.6. The number of anilines is 1. The van der Waals surface area contributed by atoms with E-state index >= 15 is 0 Å². The summed E-state index contributed by atoms with van der Waals surface area (Å²) in [5.41, 5.74) is 1.09. The zero-order valence-corrected chi connectivity index (χ0v) is 16.7. The van der Waals surface area contributed by atoms with E-state index < -0.39 is 21.7 Å². The highest BCUT2D eigenvalue weighted by Crippen LogP contribution is 2.34. The molecule has 11 heteroatoms. The molecule has 0 atom stereocenters. The summed E-state index contributed by atoms with van der Waals surface area (Å²) in [6.45, 7) is 2.13. The molecule has 2 aromatic heterocycles. The smallest absolute Gasteiger partial charge is 0.321 e. The fourth-order valence-corrected chi connectivity index (χ4v) is 4.22. The number of urea groups is 1. The first kappa shape index (κ1) is 20.0. The Labute approximate surface area is 165 Å². The molecule has 0 aliphatic carbocycles. The van der Waals surface area contributed by atoms with Crippen molar-refractivity contribution in [3.05, 3.63) is 47.9 Å². The second kappa shape index (κ2) is 8.07. The molecular formula is C17H18FN5O3S2. The molecule has 2 amide bonds. The number of halogens is 1. The number of thiazole rings is 1. The van der Waals surface area contributed by atoms with Gasteiger partial charge >= 0.3 is 6.03 Å². The zero-order valence-electron chi connectivity index (χ0n) is 15.1. The van der Waals surface area contributed by atoms with Gasteiger partial charge in [0, 0.05) is 31.6 Å². The van der Waals surface area contributed by atoms with Crippen molar-refractivity contribution >= 4 is 32.3 Å². The number of aromatic amines is 1. The maximum absolute atomic E-state index is 14.2. The van der Waals surface area contributed by atoms with Gasteiger partial charge in [0.25, 0.3) is 0 Å². The summed E-state index contributed by atoms with van der Waals surface area (Å²) in [6, 6.07) is 3.50. The maximum Gasteiger partial charge on any atom is 0.321 e. The van der Waals surface area contributed by atoms with Crippen LogP contribution in [0.25, 0.3) is 10.4 Å². The number of hydrogen-bond donors (Lipinski definition) is 3. The van der Waals surface area contributed by atoms with Gasteiger partial charge in [-0.05, 0) is 24.6 Å². The van der Waals surface area contributed by atoms with Gasteiger partial charge in [0.05, 0.1) is 10.6 Å². The Morgan fingerprint density at radius 1 is 1.36 bits per heavy atom. The quantitative estimate of drug-likeness (QED) is 0.564. The van der Waals surface area contributed by atoms with Gasteiger partial charge in [0.15, 0.2) is 15.0 Å². The van der Waals surface area contributed by atoms with Gasteiger partial charge in [-0.15, -0.1) is 0 Å². The lowest BCUT2D eigenvalue weighted by Crippen LogP contribution is -2.30. The van der Waals surface area contributed by atoms with Gasteiger partial charge < -0.3 is 10.3 Å². The summed E-state index contributed by atoms with van der Waals surface area (Å²) in [5.74, 6) is -0.0507. The molecule has 0 aliphatic heterocycles. The highest BCUT2D eigenvalue weighted by atomic mass is 32.2. The van der Waals surface area contributed by atoms with Crippen molar-refractivity contribution in [3.8, 4) is 10.4 Å². The highest BCUT2D eigenvalue weighted by Gasteiger charge is 2.17. The summed E-state index contributed by atoms with van der Waals surface area (Å²) in [5, 5.41) is 5.70. The minimum absolute atomic E-state index is 0.354. The molecule has 0 saturated heterocycles. The van der Waals surface area contributed by atoms with Gasteiger partial charge in [-0.1, -0.05) is 17.4 Å². The molecule has 28 heavy (non-hydrogen) atoms. The van der Waals surface area contributed by atoms with Crippen LogP contribution >= 0.6 is 11.3 Å². The van der Waals surface area contributed by atoms with E-state index in [4.69, 9.17) is 0 Å². The predicted octanol–water partition coefficient (Wildman–Crippen LogP) is 2.75. The second-order valence-corrected chi connectivity index (χ2v) is 9.00. The number of carbonyl (C=O) groups excluding carboxylic acids is 1. The fraction of sp³-hybridized carbons (Fsp3) is 0.235. The maximum atomic E-state index is 14.2. The van der Waals surface area contributed by atoms with E-state index in [1.165, 1.54) is 23.5 Å². The Balaban J connectivity index is 1.67. The predicted molar refractivity (Wildman–Crippen MR) is 105 cm³/mol. The fourth-order valence-electron chi connectivity index (χ4n) is 2.53. The summed E-state index contributed by atoms with van der Waals surface area (Å²) in [6.07, 6.45) is 4.87. The monoisotopic (exact) mass is 423 g/mol. The largest absolute Gasteiger partial charge is 0.349 e. The summed E-state index contributed by atoms with van der Waals surface area (Å²) >= 11 is 1.18. The van der Waals surface area contributed by atoms with Crippen molar-refractivity contribution in [2.75, 3.05) is 18.1 Å². The number of aryl methyl sites for hydroxylation is 1. The van der Waals surface area contributed by atoms with Crippen LogP contribution in [0.3, 0.4) is 0 Å². The van der Waals surface area contributed by atoms with Gasteiger partial charge in [0.2, 0.25) is 0 Å². The van der Waals surface area contributed by atoms with E-state index in [9.17, 15) is 17.6 Å². The second-order valence-electron chi connectivity index (χ2n) is 6.02. The molecular weight excluding hydrogens is 405 g/mol. The number of hydrogen-bond acceptors (Lipinski definition) is 6. The average molecular weight is 423 g/mol. The Morgan fingerprint density at radius 2 is 2.14 bits per heavy atom. The first-order valence-electron chi connectivity index (χ1n) is 8.24. The van der Waals surface area contributed by atoms with Crippen LogP contribution in [0.4, 0.5) is 14.3 Å². The van der Waals surface area contributed by atoms with Crippen molar-refractivity contribution in [1.29, 1.82) is 0 Å². The average Bonchev–Trinajstić information content (AvgIpc) is 3.23. The Kier molecular flexibility index (Phi) is 5.75. The van der Waals surface area contributed by atoms with Crippen LogP contribution in [-0.4, -0.2) is 42.2 Å². The third-order valence-corrected chi connectivity index (χ3v) is 6.06. The number of aromatic nitrogens is 3. The minimum atomic E-state index is -3.64. The number of sulfone groups is 1. The molecule has 0 saturated carbocycles. The molecule has 148 valence electrons. The highest BCUT2D eigenvalue weighted by molar-refractivity contribution is 7.90. The zero-order chi connectivity index (χ0) is 20.3. The minimum Gasteiger partial charge on any atom is -0.349 e. The lowest BCUT2D eigenvalue weighted by Gasteiger charge is -2.04. The standard InChI is InChI=1S/C17H18FN5O3S2/c1-10-15(11-3-4-13(12(18)9-11)28(2,25)26)27-17(22-10)23-16(24)21-6-5-14-19-7-8-20-14/h3-4,7-9H,5-6H2,1-2H3,(H,19,20)(H2,21,22,23,24). The third-order valence-electron chi connectivity index (χ3n) is 3.81. The van der Waals surface area contributed by atoms with E-state index in [0.29, 0.717) is 34.2 Å².